The van der Waals surface area contributed by atoms with E-state index < -0.39 is 5.82 Å². The van der Waals surface area contributed by atoms with Gasteiger partial charge in [0.25, 0.3) is 0 Å². The lowest BCUT2D eigenvalue weighted by Crippen LogP contribution is -2.07. The third-order valence-electron chi connectivity index (χ3n) is 3.00. The molecule has 0 heterocycles. The highest BCUT2D eigenvalue weighted by molar-refractivity contribution is 6.12. The third-order valence-corrected chi connectivity index (χ3v) is 3.00. The molecule has 0 spiro atoms. The van der Waals surface area contributed by atoms with Crippen LogP contribution in [0.3, 0.4) is 0 Å². The molecule has 22 heavy (non-hydrogen) atoms. The summed E-state index contributed by atoms with van der Waals surface area (Å²) in [7, 11) is 1.42. The van der Waals surface area contributed by atoms with Gasteiger partial charge in [-0.15, -0.1) is 0 Å². The van der Waals surface area contributed by atoms with Crippen LogP contribution in [0.4, 0.5) is 4.39 Å². The Morgan fingerprint density at radius 1 is 1.27 bits per heavy atom. The average molecular weight is 300 g/mol. The first-order chi connectivity index (χ1) is 10.7. The second-order valence-electron chi connectivity index (χ2n) is 4.28. The van der Waals surface area contributed by atoms with Crippen molar-refractivity contribution in [1.82, 2.24) is 0 Å². The van der Waals surface area contributed by atoms with Crippen molar-refractivity contribution in [2.24, 2.45) is 5.16 Å². The molecule has 1 N–H and O–H groups in total. The quantitative estimate of drug-likeness (QED) is 0.523. The van der Waals surface area contributed by atoms with E-state index in [1.807, 2.05) is 0 Å². The van der Waals surface area contributed by atoms with Crippen LogP contribution in [0.25, 0.3) is 0 Å². The first-order valence-electron chi connectivity index (χ1n) is 6.37. The molecule has 2 aromatic carbocycles. The molecule has 0 aromatic heterocycles. The standard InChI is InChI=1S/C16H13FN2O3/c1-21-15-8-4-7-13(17)16(15)22-10-11-5-2-3-6-12(11)14(9-18)19-20/h2-8,20H,10H2,1H3/b19-14-. The second-order valence-corrected chi connectivity index (χ2v) is 4.28. The van der Waals surface area contributed by atoms with Crippen molar-refractivity contribution in [1.29, 1.82) is 5.26 Å². The zero-order valence-corrected chi connectivity index (χ0v) is 11.8. The molecule has 0 radical (unpaired) electrons. The van der Waals surface area contributed by atoms with E-state index in [0.29, 0.717) is 11.1 Å². The summed E-state index contributed by atoms with van der Waals surface area (Å²) < 4.78 is 24.3. The lowest BCUT2D eigenvalue weighted by atomic mass is 10.0. The minimum atomic E-state index is -0.548. The van der Waals surface area contributed by atoms with E-state index >= 15 is 0 Å². The number of oxime groups is 1. The maximum Gasteiger partial charge on any atom is 0.197 e. The fraction of sp³-hybridized carbons (Fsp3) is 0.125. The van der Waals surface area contributed by atoms with Gasteiger partial charge in [-0.05, 0) is 17.7 Å². The normalized spacial score (nSPS) is 10.9. The predicted molar refractivity (Wildman–Crippen MR) is 77.7 cm³/mol. The Hall–Kier alpha value is -3.07. The highest BCUT2D eigenvalue weighted by Crippen LogP contribution is 2.30. The van der Waals surface area contributed by atoms with Gasteiger partial charge in [-0.3, -0.25) is 0 Å². The van der Waals surface area contributed by atoms with Crippen LogP contribution < -0.4 is 9.47 Å². The number of para-hydroxylation sites is 1. The average Bonchev–Trinajstić information content (AvgIpc) is 2.55. The lowest BCUT2D eigenvalue weighted by Gasteiger charge is -2.13. The number of methoxy groups -OCH3 is 1. The molecule has 6 heteroatoms. The molecule has 0 unspecified atom stereocenters. The maximum absolute atomic E-state index is 13.8. The molecule has 0 fully saturated rings. The molecule has 0 aliphatic heterocycles. The first-order valence-corrected chi connectivity index (χ1v) is 6.37. The topological polar surface area (TPSA) is 74.8 Å². The number of nitrogens with zero attached hydrogens (tertiary/aromatic N) is 2. The first kappa shape index (κ1) is 15.3. The Bertz CT molecular complexity index is 738. The maximum atomic E-state index is 13.8. The van der Waals surface area contributed by atoms with Gasteiger partial charge in [-0.25, -0.2) is 4.39 Å². The number of rotatable bonds is 5. The molecule has 0 atom stereocenters. The molecular weight excluding hydrogens is 287 g/mol. The Morgan fingerprint density at radius 3 is 2.73 bits per heavy atom. The third kappa shape index (κ3) is 3.15. The molecule has 0 bridgehead atoms. The molecule has 0 amide bonds. The molecule has 0 aliphatic rings. The summed E-state index contributed by atoms with van der Waals surface area (Å²) in [6, 6.07) is 12.9. The zero-order valence-electron chi connectivity index (χ0n) is 11.8. The van der Waals surface area contributed by atoms with E-state index in [-0.39, 0.29) is 23.8 Å². The summed E-state index contributed by atoms with van der Waals surface area (Å²) in [5.41, 5.74) is 0.865. The Kier molecular flexibility index (Phi) is 4.94. The summed E-state index contributed by atoms with van der Waals surface area (Å²) in [6.07, 6.45) is 0. The van der Waals surface area contributed by atoms with Crippen LogP contribution in [0.5, 0.6) is 11.5 Å². The molecule has 0 aliphatic carbocycles. The predicted octanol–water partition coefficient (Wildman–Crippen LogP) is 3.12. The Morgan fingerprint density at radius 2 is 2.05 bits per heavy atom. The van der Waals surface area contributed by atoms with Gasteiger partial charge in [0.15, 0.2) is 23.0 Å². The largest absolute Gasteiger partial charge is 0.493 e. The molecule has 0 saturated heterocycles. The van der Waals surface area contributed by atoms with Crippen LogP contribution in [0.15, 0.2) is 47.6 Å². The molecule has 2 aromatic rings. The van der Waals surface area contributed by atoms with Gasteiger partial charge in [0.05, 0.1) is 7.11 Å². The number of nitriles is 1. The summed E-state index contributed by atoms with van der Waals surface area (Å²) in [5, 5.41) is 20.8. The van der Waals surface area contributed by atoms with Gasteiger partial charge in [-0.1, -0.05) is 35.5 Å². The summed E-state index contributed by atoms with van der Waals surface area (Å²) in [4.78, 5) is 0. The van der Waals surface area contributed by atoms with E-state index in [2.05, 4.69) is 5.16 Å². The fourth-order valence-corrected chi connectivity index (χ4v) is 1.95. The summed E-state index contributed by atoms with van der Waals surface area (Å²) in [5.74, 6) is -0.291. The fourth-order valence-electron chi connectivity index (χ4n) is 1.95. The molecule has 0 saturated carbocycles. The zero-order chi connectivity index (χ0) is 15.9. The van der Waals surface area contributed by atoms with E-state index in [0.717, 1.165) is 0 Å². The van der Waals surface area contributed by atoms with Crippen LogP contribution >= 0.6 is 0 Å². The lowest BCUT2D eigenvalue weighted by molar-refractivity contribution is 0.269. The minimum absolute atomic E-state index is 0.00579. The van der Waals surface area contributed by atoms with Gasteiger partial charge in [0.1, 0.15) is 12.7 Å². The van der Waals surface area contributed by atoms with E-state index in [1.54, 1.807) is 36.4 Å². The number of hydrogen-bond acceptors (Lipinski definition) is 5. The van der Waals surface area contributed by atoms with Gasteiger partial charge >= 0.3 is 0 Å². The number of ether oxygens (including phenoxy) is 2. The van der Waals surface area contributed by atoms with E-state index in [4.69, 9.17) is 19.9 Å². The highest BCUT2D eigenvalue weighted by atomic mass is 19.1. The van der Waals surface area contributed by atoms with Crippen molar-refractivity contribution in [3.8, 4) is 17.6 Å². The SMILES string of the molecule is COc1cccc(F)c1OCc1ccccc1/C(C#N)=N\O. The van der Waals surface area contributed by atoms with Gasteiger partial charge < -0.3 is 14.7 Å². The van der Waals surface area contributed by atoms with Crippen molar-refractivity contribution >= 4 is 5.71 Å². The molecule has 5 nitrogen and oxygen atoms in total. The van der Waals surface area contributed by atoms with Crippen molar-refractivity contribution < 1.29 is 19.1 Å². The van der Waals surface area contributed by atoms with Crippen LogP contribution in [0.1, 0.15) is 11.1 Å². The summed E-state index contributed by atoms with van der Waals surface area (Å²) >= 11 is 0. The second kappa shape index (κ2) is 7.09. The van der Waals surface area contributed by atoms with Crippen LogP contribution in [0.2, 0.25) is 0 Å². The van der Waals surface area contributed by atoms with Gasteiger partial charge in [-0.2, -0.15) is 5.26 Å². The highest BCUT2D eigenvalue weighted by Gasteiger charge is 2.13. The number of hydrogen-bond donors (Lipinski definition) is 1. The Balaban J connectivity index is 2.29. The van der Waals surface area contributed by atoms with Crippen molar-refractivity contribution in [3.63, 3.8) is 0 Å². The number of benzene rings is 2. The van der Waals surface area contributed by atoms with E-state index in [1.165, 1.54) is 19.2 Å². The van der Waals surface area contributed by atoms with Crippen LogP contribution in [-0.4, -0.2) is 18.0 Å². The van der Waals surface area contributed by atoms with Gasteiger partial charge in [0, 0.05) is 5.56 Å². The van der Waals surface area contributed by atoms with Crippen molar-refractivity contribution in [3.05, 3.63) is 59.4 Å². The molecule has 112 valence electrons. The van der Waals surface area contributed by atoms with Crippen LogP contribution in [0, 0.1) is 17.1 Å². The van der Waals surface area contributed by atoms with Crippen LogP contribution in [-0.2, 0) is 6.61 Å². The monoisotopic (exact) mass is 300 g/mol. The van der Waals surface area contributed by atoms with E-state index in [9.17, 15) is 4.39 Å². The molecule has 2 rings (SSSR count). The smallest absolute Gasteiger partial charge is 0.197 e. The summed E-state index contributed by atoms with van der Waals surface area (Å²) in [6.45, 7) is -0.00579. The van der Waals surface area contributed by atoms with Crippen molar-refractivity contribution in [2.45, 2.75) is 6.61 Å². The number of halogens is 1. The van der Waals surface area contributed by atoms with Gasteiger partial charge in [0.2, 0.25) is 0 Å². The van der Waals surface area contributed by atoms with Crippen molar-refractivity contribution in [2.75, 3.05) is 7.11 Å². The molecular formula is C16H13FN2O3. The minimum Gasteiger partial charge on any atom is -0.493 e. The Labute approximate surface area is 126 Å².